The van der Waals surface area contributed by atoms with Crippen molar-refractivity contribution in [2.24, 2.45) is 4.99 Å². The van der Waals surface area contributed by atoms with Gasteiger partial charge >= 0.3 is 0 Å². The Morgan fingerprint density at radius 2 is 2.39 bits per heavy atom. The third-order valence-corrected chi connectivity index (χ3v) is 5.07. The van der Waals surface area contributed by atoms with Gasteiger partial charge in [0.1, 0.15) is 0 Å². The molecule has 2 rings (SSSR count). The number of rotatable bonds is 9. The fraction of sp³-hybridized carbons (Fsp3) is 0.706. The first kappa shape index (κ1) is 18.2. The smallest absolute Gasteiger partial charge is 0.191 e. The maximum Gasteiger partial charge on any atom is 0.191 e. The third kappa shape index (κ3) is 6.49. The SMILES string of the molecule is CCNC(=NCC1CCCN1CCOC)NCCc1cccs1. The highest BCUT2D eigenvalue weighted by Crippen LogP contribution is 2.16. The molecule has 0 bridgehead atoms. The van der Waals surface area contributed by atoms with E-state index in [-0.39, 0.29) is 0 Å². The zero-order valence-electron chi connectivity index (χ0n) is 14.4. The van der Waals surface area contributed by atoms with Gasteiger partial charge in [0.2, 0.25) is 0 Å². The van der Waals surface area contributed by atoms with Crippen molar-refractivity contribution in [1.29, 1.82) is 0 Å². The largest absolute Gasteiger partial charge is 0.383 e. The van der Waals surface area contributed by atoms with E-state index in [1.165, 1.54) is 24.3 Å². The summed E-state index contributed by atoms with van der Waals surface area (Å²) in [4.78, 5) is 8.70. The normalized spacial score (nSPS) is 19.2. The van der Waals surface area contributed by atoms with Gasteiger partial charge < -0.3 is 15.4 Å². The maximum absolute atomic E-state index is 5.20. The zero-order valence-corrected chi connectivity index (χ0v) is 15.2. The van der Waals surface area contributed by atoms with Gasteiger partial charge in [-0.05, 0) is 44.2 Å². The first-order valence-electron chi connectivity index (χ1n) is 8.61. The van der Waals surface area contributed by atoms with Gasteiger partial charge in [-0.25, -0.2) is 0 Å². The van der Waals surface area contributed by atoms with Crippen molar-refractivity contribution in [3.8, 4) is 0 Å². The van der Waals surface area contributed by atoms with Gasteiger partial charge in [-0.1, -0.05) is 6.07 Å². The molecule has 0 aliphatic carbocycles. The van der Waals surface area contributed by atoms with E-state index in [0.717, 1.165) is 45.2 Å². The lowest BCUT2D eigenvalue weighted by Crippen LogP contribution is -2.40. The first-order valence-corrected chi connectivity index (χ1v) is 9.49. The molecule has 1 fully saturated rings. The van der Waals surface area contributed by atoms with Gasteiger partial charge in [0.15, 0.2) is 5.96 Å². The van der Waals surface area contributed by atoms with Crippen LogP contribution in [-0.4, -0.2) is 63.3 Å². The lowest BCUT2D eigenvalue weighted by molar-refractivity contribution is 0.142. The summed E-state index contributed by atoms with van der Waals surface area (Å²) in [6, 6.07) is 4.84. The van der Waals surface area contributed by atoms with E-state index in [4.69, 9.17) is 9.73 Å². The van der Waals surface area contributed by atoms with Crippen LogP contribution in [0.1, 0.15) is 24.6 Å². The van der Waals surface area contributed by atoms with Crippen LogP contribution in [0.25, 0.3) is 0 Å². The second-order valence-corrected chi connectivity index (χ2v) is 6.83. The van der Waals surface area contributed by atoms with Gasteiger partial charge in [0.05, 0.1) is 13.2 Å². The zero-order chi connectivity index (χ0) is 16.3. The van der Waals surface area contributed by atoms with Crippen LogP contribution in [0.4, 0.5) is 0 Å². The molecule has 0 spiro atoms. The number of nitrogens with one attached hydrogen (secondary N) is 2. The minimum atomic E-state index is 0.554. The molecule has 130 valence electrons. The quantitative estimate of drug-likeness (QED) is 0.534. The number of nitrogens with zero attached hydrogens (tertiary/aromatic N) is 2. The fourth-order valence-corrected chi connectivity index (χ4v) is 3.61. The van der Waals surface area contributed by atoms with Crippen molar-refractivity contribution in [2.75, 3.05) is 46.4 Å². The third-order valence-electron chi connectivity index (χ3n) is 4.13. The van der Waals surface area contributed by atoms with Gasteiger partial charge in [-0.3, -0.25) is 9.89 Å². The summed E-state index contributed by atoms with van der Waals surface area (Å²) < 4.78 is 5.20. The highest BCUT2D eigenvalue weighted by Gasteiger charge is 2.23. The number of likely N-dealkylation sites (tertiary alicyclic amines) is 1. The lowest BCUT2D eigenvalue weighted by atomic mass is 10.2. The molecular weight excluding hydrogens is 308 g/mol. The Morgan fingerprint density at radius 1 is 1.48 bits per heavy atom. The summed E-state index contributed by atoms with van der Waals surface area (Å²) in [5, 5.41) is 8.92. The highest BCUT2D eigenvalue weighted by atomic mass is 32.1. The summed E-state index contributed by atoms with van der Waals surface area (Å²) in [6.45, 7) is 7.77. The minimum absolute atomic E-state index is 0.554. The van der Waals surface area contributed by atoms with Crippen molar-refractivity contribution in [2.45, 2.75) is 32.2 Å². The Hall–Kier alpha value is -1.11. The van der Waals surface area contributed by atoms with Crippen LogP contribution in [-0.2, 0) is 11.2 Å². The second kappa shape index (κ2) is 10.6. The van der Waals surface area contributed by atoms with E-state index < -0.39 is 0 Å². The molecule has 1 aliphatic rings. The number of methoxy groups -OCH3 is 1. The average molecular weight is 339 g/mol. The lowest BCUT2D eigenvalue weighted by Gasteiger charge is -2.23. The van der Waals surface area contributed by atoms with Gasteiger partial charge in [0.25, 0.3) is 0 Å². The Kier molecular flexibility index (Phi) is 8.42. The Bertz CT molecular complexity index is 449. The van der Waals surface area contributed by atoms with Crippen LogP contribution in [0.2, 0.25) is 0 Å². The number of thiophene rings is 1. The number of aliphatic imine (C=N–C) groups is 1. The molecule has 23 heavy (non-hydrogen) atoms. The van der Waals surface area contributed by atoms with Crippen LogP contribution in [0.5, 0.6) is 0 Å². The van der Waals surface area contributed by atoms with E-state index in [1.54, 1.807) is 7.11 Å². The van der Waals surface area contributed by atoms with Gasteiger partial charge in [-0.2, -0.15) is 0 Å². The molecule has 0 radical (unpaired) electrons. The molecule has 1 aromatic heterocycles. The van der Waals surface area contributed by atoms with Crippen molar-refractivity contribution >= 4 is 17.3 Å². The van der Waals surface area contributed by atoms with E-state index in [1.807, 2.05) is 11.3 Å². The van der Waals surface area contributed by atoms with E-state index in [0.29, 0.717) is 6.04 Å². The predicted octanol–water partition coefficient (Wildman–Crippen LogP) is 1.96. The molecule has 2 heterocycles. The van der Waals surface area contributed by atoms with Crippen LogP contribution >= 0.6 is 11.3 Å². The number of ether oxygens (including phenoxy) is 1. The van der Waals surface area contributed by atoms with Crippen LogP contribution < -0.4 is 10.6 Å². The summed E-state index contributed by atoms with van der Waals surface area (Å²) in [6.07, 6.45) is 3.56. The topological polar surface area (TPSA) is 48.9 Å². The van der Waals surface area contributed by atoms with Gasteiger partial charge in [0, 0.05) is 37.7 Å². The molecular formula is C17H30N4OS. The number of guanidine groups is 1. The fourth-order valence-electron chi connectivity index (χ4n) is 2.90. The molecule has 0 saturated carbocycles. The van der Waals surface area contributed by atoms with E-state index >= 15 is 0 Å². The summed E-state index contributed by atoms with van der Waals surface area (Å²) >= 11 is 1.81. The summed E-state index contributed by atoms with van der Waals surface area (Å²) in [5.74, 6) is 0.933. The Morgan fingerprint density at radius 3 is 3.13 bits per heavy atom. The van der Waals surface area contributed by atoms with Crippen LogP contribution in [0.3, 0.4) is 0 Å². The summed E-state index contributed by atoms with van der Waals surface area (Å²) in [5.41, 5.74) is 0. The predicted molar refractivity (Wildman–Crippen MR) is 98.5 cm³/mol. The monoisotopic (exact) mass is 338 g/mol. The van der Waals surface area contributed by atoms with Crippen molar-refractivity contribution in [3.63, 3.8) is 0 Å². The molecule has 1 atom stereocenters. The van der Waals surface area contributed by atoms with Crippen LogP contribution in [0, 0.1) is 0 Å². The van der Waals surface area contributed by atoms with E-state index in [9.17, 15) is 0 Å². The molecule has 1 unspecified atom stereocenters. The molecule has 2 N–H and O–H groups in total. The van der Waals surface area contributed by atoms with Gasteiger partial charge in [-0.15, -0.1) is 11.3 Å². The van der Waals surface area contributed by atoms with Crippen LogP contribution in [0.15, 0.2) is 22.5 Å². The van der Waals surface area contributed by atoms with Crippen molar-refractivity contribution < 1.29 is 4.74 Å². The maximum atomic E-state index is 5.20. The molecule has 6 heteroatoms. The number of hydrogen-bond acceptors (Lipinski definition) is 4. The second-order valence-electron chi connectivity index (χ2n) is 5.80. The molecule has 1 aliphatic heterocycles. The molecule has 1 aromatic rings. The molecule has 1 saturated heterocycles. The van der Waals surface area contributed by atoms with Crippen molar-refractivity contribution in [3.05, 3.63) is 22.4 Å². The standard InChI is InChI=1S/C17H30N4OS/c1-3-18-17(19-9-8-16-7-5-13-23-16)20-14-15-6-4-10-21(15)11-12-22-2/h5,7,13,15H,3-4,6,8-12,14H2,1-2H3,(H2,18,19,20). The Balaban J connectivity index is 1.77. The molecule has 0 aromatic carbocycles. The van der Waals surface area contributed by atoms with E-state index in [2.05, 4.69) is 40.0 Å². The molecule has 5 nitrogen and oxygen atoms in total. The Labute approximate surface area is 144 Å². The summed E-state index contributed by atoms with van der Waals surface area (Å²) in [7, 11) is 1.77. The number of hydrogen-bond donors (Lipinski definition) is 2. The van der Waals surface area contributed by atoms with Crippen molar-refractivity contribution in [1.82, 2.24) is 15.5 Å². The highest BCUT2D eigenvalue weighted by molar-refractivity contribution is 7.09. The minimum Gasteiger partial charge on any atom is -0.383 e. The molecule has 0 amide bonds. The average Bonchev–Trinajstić information content (AvgIpc) is 3.22. The first-order chi connectivity index (χ1) is 11.3.